The van der Waals surface area contributed by atoms with E-state index >= 15 is 0 Å². The molecule has 0 spiro atoms. The fourth-order valence-electron chi connectivity index (χ4n) is 0.799. The Labute approximate surface area is 75.8 Å². The molecular formula is C6H11N5S. The van der Waals surface area contributed by atoms with Crippen LogP contribution in [0, 0.1) is 11.3 Å². The van der Waals surface area contributed by atoms with Crippen molar-refractivity contribution in [2.24, 2.45) is 10.8 Å². The van der Waals surface area contributed by atoms with Crippen LogP contribution in [0.5, 0.6) is 0 Å². The number of hydrazone groups is 1. The maximum absolute atomic E-state index is 8.55. The van der Waals surface area contributed by atoms with Gasteiger partial charge >= 0.3 is 0 Å². The van der Waals surface area contributed by atoms with Crippen molar-refractivity contribution in [3.05, 3.63) is 0 Å². The monoisotopic (exact) mass is 185 g/mol. The van der Waals surface area contributed by atoms with Gasteiger partial charge in [-0.2, -0.15) is 10.4 Å². The van der Waals surface area contributed by atoms with Gasteiger partial charge in [0, 0.05) is 13.6 Å². The van der Waals surface area contributed by atoms with E-state index in [0.717, 1.165) is 6.54 Å². The summed E-state index contributed by atoms with van der Waals surface area (Å²) in [6, 6.07) is 1.97. The van der Waals surface area contributed by atoms with Gasteiger partial charge in [0.15, 0.2) is 10.5 Å². The molecule has 1 unspecified atom stereocenters. The highest BCUT2D eigenvalue weighted by Crippen LogP contribution is 2.22. The summed E-state index contributed by atoms with van der Waals surface area (Å²) in [7, 11) is 1.88. The maximum atomic E-state index is 8.55. The molecule has 5 nitrogen and oxygen atoms in total. The quantitative estimate of drug-likeness (QED) is 0.655. The summed E-state index contributed by atoms with van der Waals surface area (Å²) in [5.74, 6) is 0. The molecule has 0 amide bonds. The molecule has 0 aliphatic carbocycles. The van der Waals surface area contributed by atoms with Gasteiger partial charge in [0.1, 0.15) is 6.07 Å². The van der Waals surface area contributed by atoms with Crippen LogP contribution in [0.3, 0.4) is 0 Å². The summed E-state index contributed by atoms with van der Waals surface area (Å²) in [6.07, 6.45) is 0. The molecule has 0 saturated carbocycles. The van der Waals surface area contributed by atoms with E-state index in [1.54, 1.807) is 5.12 Å². The Morgan fingerprint density at radius 3 is 3.00 bits per heavy atom. The number of hydrogen-bond acceptors (Lipinski definition) is 6. The van der Waals surface area contributed by atoms with Crippen LogP contribution in [0.15, 0.2) is 5.10 Å². The van der Waals surface area contributed by atoms with Gasteiger partial charge in [0.25, 0.3) is 0 Å². The van der Waals surface area contributed by atoms with Crippen LogP contribution in [0.2, 0.25) is 0 Å². The number of nitriles is 1. The molecule has 0 aromatic rings. The minimum absolute atomic E-state index is 0.260. The molecule has 12 heavy (non-hydrogen) atoms. The molecule has 0 aromatic heterocycles. The summed E-state index contributed by atoms with van der Waals surface area (Å²) < 4.78 is 0. The molecular weight excluding hydrogens is 174 g/mol. The molecule has 0 saturated heterocycles. The van der Waals surface area contributed by atoms with Crippen molar-refractivity contribution in [2.45, 2.75) is 12.4 Å². The first-order valence-electron chi connectivity index (χ1n) is 3.60. The fraction of sp³-hybridized carbons (Fsp3) is 0.667. The molecule has 2 N–H and O–H groups in total. The Bertz CT molecular complexity index is 233. The molecule has 1 aliphatic heterocycles. The van der Waals surface area contributed by atoms with Crippen LogP contribution < -0.4 is 5.73 Å². The van der Waals surface area contributed by atoms with Crippen molar-refractivity contribution < 1.29 is 0 Å². The first kappa shape index (κ1) is 9.32. The molecule has 0 aromatic carbocycles. The Morgan fingerprint density at radius 2 is 2.58 bits per heavy atom. The molecule has 1 rings (SSSR count). The lowest BCUT2D eigenvalue weighted by molar-refractivity contribution is 0.00104. The zero-order chi connectivity index (χ0) is 9.14. The predicted octanol–water partition coefficient (Wildman–Crippen LogP) is -0.0187. The lowest BCUT2D eigenvalue weighted by atomic mass is 10.7. The van der Waals surface area contributed by atoms with Crippen molar-refractivity contribution >= 4 is 16.8 Å². The number of rotatable bonds is 2. The van der Waals surface area contributed by atoms with Crippen molar-refractivity contribution in [1.29, 1.82) is 5.26 Å². The van der Waals surface area contributed by atoms with Gasteiger partial charge in [0.2, 0.25) is 0 Å². The second-order valence-corrected chi connectivity index (χ2v) is 3.43. The molecule has 0 bridgehead atoms. The van der Waals surface area contributed by atoms with E-state index in [1.807, 2.05) is 25.0 Å². The Hall–Kier alpha value is -0.770. The molecule has 1 atom stereocenters. The van der Waals surface area contributed by atoms with Gasteiger partial charge in [-0.05, 0) is 11.8 Å². The van der Waals surface area contributed by atoms with Gasteiger partial charge < -0.3 is 0 Å². The zero-order valence-corrected chi connectivity index (χ0v) is 7.88. The smallest absolute Gasteiger partial charge is 0.198 e. The molecule has 6 heteroatoms. The van der Waals surface area contributed by atoms with E-state index in [1.165, 1.54) is 11.8 Å². The summed E-state index contributed by atoms with van der Waals surface area (Å²) in [5, 5.41) is 16.5. The highest BCUT2D eigenvalue weighted by molar-refractivity contribution is 8.15. The number of hydrogen-bond donors (Lipinski definition) is 1. The van der Waals surface area contributed by atoms with E-state index in [4.69, 9.17) is 11.0 Å². The third kappa shape index (κ3) is 1.69. The van der Waals surface area contributed by atoms with E-state index in [9.17, 15) is 0 Å². The average molecular weight is 185 g/mol. The zero-order valence-electron chi connectivity index (χ0n) is 7.06. The van der Waals surface area contributed by atoms with E-state index in [-0.39, 0.29) is 5.50 Å². The highest BCUT2D eigenvalue weighted by Gasteiger charge is 2.26. The first-order valence-corrected chi connectivity index (χ1v) is 4.48. The van der Waals surface area contributed by atoms with Crippen molar-refractivity contribution in [3.8, 4) is 6.07 Å². The van der Waals surface area contributed by atoms with Crippen LogP contribution in [0.1, 0.15) is 6.92 Å². The van der Waals surface area contributed by atoms with Crippen LogP contribution in [0.25, 0.3) is 0 Å². The molecule has 0 radical (unpaired) electrons. The largest absolute Gasteiger partial charge is 0.300 e. The molecule has 1 aliphatic rings. The Morgan fingerprint density at radius 1 is 1.92 bits per heavy atom. The predicted molar refractivity (Wildman–Crippen MR) is 48.8 cm³/mol. The van der Waals surface area contributed by atoms with Crippen LogP contribution in [0.4, 0.5) is 0 Å². The lowest BCUT2D eigenvalue weighted by Crippen LogP contribution is -2.43. The summed E-state index contributed by atoms with van der Waals surface area (Å²) >= 11 is 1.27. The minimum Gasteiger partial charge on any atom is -0.300 e. The van der Waals surface area contributed by atoms with Crippen LogP contribution >= 0.6 is 11.8 Å². The summed E-state index contributed by atoms with van der Waals surface area (Å²) in [6.45, 7) is 2.81. The number of nitrogens with two attached hydrogens (primary N) is 1. The number of thioether (sulfide) groups is 1. The SMILES string of the molecule is CCN(C)N1N=C(C#N)SC1N. The van der Waals surface area contributed by atoms with Crippen LogP contribution in [-0.2, 0) is 0 Å². The van der Waals surface area contributed by atoms with Gasteiger partial charge in [-0.1, -0.05) is 6.92 Å². The van der Waals surface area contributed by atoms with Gasteiger partial charge in [-0.15, -0.1) is 5.10 Å². The number of nitrogens with zero attached hydrogens (tertiary/aromatic N) is 4. The molecule has 0 fully saturated rings. The normalized spacial score (nSPS) is 22.8. The molecule has 66 valence electrons. The second-order valence-electron chi connectivity index (χ2n) is 2.32. The molecule has 1 heterocycles. The maximum Gasteiger partial charge on any atom is 0.198 e. The van der Waals surface area contributed by atoms with Crippen molar-refractivity contribution in [2.75, 3.05) is 13.6 Å². The topological polar surface area (TPSA) is 68.6 Å². The van der Waals surface area contributed by atoms with E-state index in [2.05, 4.69) is 5.10 Å². The Balaban J connectivity index is 2.67. The highest BCUT2D eigenvalue weighted by atomic mass is 32.2. The van der Waals surface area contributed by atoms with E-state index in [0.29, 0.717) is 5.04 Å². The average Bonchev–Trinajstić information content (AvgIpc) is 2.45. The standard InChI is InChI=1S/C6H11N5S/c1-3-10(2)11-6(8)12-5(4-7)9-11/h6H,3,8H2,1-2H3. The third-order valence-corrected chi connectivity index (χ3v) is 2.38. The van der Waals surface area contributed by atoms with E-state index < -0.39 is 0 Å². The Kier molecular flexibility index (Phi) is 2.92. The number of hydrazine groups is 1. The van der Waals surface area contributed by atoms with Crippen LogP contribution in [-0.4, -0.2) is 34.3 Å². The minimum atomic E-state index is -0.260. The van der Waals surface area contributed by atoms with Gasteiger partial charge in [-0.25, -0.2) is 5.01 Å². The van der Waals surface area contributed by atoms with Crippen molar-refractivity contribution in [1.82, 2.24) is 10.1 Å². The lowest BCUT2D eigenvalue weighted by Gasteiger charge is -2.27. The first-order chi connectivity index (χ1) is 5.69. The summed E-state index contributed by atoms with van der Waals surface area (Å²) in [4.78, 5) is 0. The second kappa shape index (κ2) is 3.76. The van der Waals surface area contributed by atoms with Gasteiger partial charge in [0.05, 0.1) is 0 Å². The third-order valence-electron chi connectivity index (χ3n) is 1.56. The van der Waals surface area contributed by atoms with Crippen molar-refractivity contribution in [3.63, 3.8) is 0 Å². The fourth-order valence-corrected chi connectivity index (χ4v) is 1.51. The van der Waals surface area contributed by atoms with Gasteiger partial charge in [-0.3, -0.25) is 5.73 Å². The summed E-state index contributed by atoms with van der Waals surface area (Å²) in [5.41, 5.74) is 5.44.